The van der Waals surface area contributed by atoms with E-state index < -0.39 is 17.6 Å². The van der Waals surface area contributed by atoms with Gasteiger partial charge in [0.25, 0.3) is 5.91 Å². The minimum Gasteiger partial charge on any atom is -0.383 e. The van der Waals surface area contributed by atoms with Crippen LogP contribution in [0.2, 0.25) is 5.02 Å². The molecule has 5 N–H and O–H groups in total. The number of nitrogens with one attached hydrogen (secondary N) is 1. The zero-order chi connectivity index (χ0) is 25.3. The van der Waals surface area contributed by atoms with Crippen molar-refractivity contribution in [2.45, 2.75) is 26.3 Å². The van der Waals surface area contributed by atoms with E-state index in [1.165, 1.54) is 29.1 Å². The van der Waals surface area contributed by atoms with Crippen LogP contribution in [0.4, 0.5) is 16.1 Å². The minimum atomic E-state index is -0.693. The van der Waals surface area contributed by atoms with Crippen LogP contribution in [0.1, 0.15) is 35.9 Å². The fraction of sp³-hybridized carbons (Fsp3) is 0.174. The smallest absolute Gasteiger partial charge is 0.254 e. The van der Waals surface area contributed by atoms with E-state index in [1.54, 1.807) is 12.1 Å². The number of carbonyl (C=O) groups excluding carboxylic acids is 2. The summed E-state index contributed by atoms with van der Waals surface area (Å²) in [4.78, 5) is 28.7. The van der Waals surface area contributed by atoms with Crippen LogP contribution >= 0.6 is 11.6 Å². The predicted octanol–water partition coefficient (Wildman–Crippen LogP) is 3.84. The van der Waals surface area contributed by atoms with E-state index in [-0.39, 0.29) is 34.8 Å². The van der Waals surface area contributed by atoms with Gasteiger partial charge in [0, 0.05) is 35.1 Å². The molecule has 0 unspecified atom stereocenters. The number of hydrogen-bond acceptors (Lipinski definition) is 7. The average molecular weight is 498 g/mol. The molecule has 3 aromatic heterocycles. The second-order valence-corrected chi connectivity index (χ2v) is 8.38. The summed E-state index contributed by atoms with van der Waals surface area (Å²) in [6.45, 7) is 3.76. The van der Waals surface area contributed by atoms with Gasteiger partial charge in [0.05, 0.1) is 11.4 Å². The van der Waals surface area contributed by atoms with Gasteiger partial charge in [-0.15, -0.1) is 0 Å². The number of primary amides is 1. The van der Waals surface area contributed by atoms with Crippen LogP contribution in [0.25, 0.3) is 22.5 Å². The van der Waals surface area contributed by atoms with Gasteiger partial charge in [0.2, 0.25) is 11.8 Å². The van der Waals surface area contributed by atoms with Crippen LogP contribution in [0.5, 0.6) is 0 Å². The standard InChI is InChI=1S/C23H21ClFN7O3/c1-11(2)32-22(26)20(23(27)34)21(30-32)12-3-5-14(28-10-12)8-18(33)29-19-9-17(31-35-19)15-6-4-13(25)7-16(15)24/h3-7,9-11H,8,26H2,1-2H3,(H2,27,34)(H,29,33). The van der Waals surface area contributed by atoms with Gasteiger partial charge < -0.3 is 16.0 Å². The zero-order valence-electron chi connectivity index (χ0n) is 18.8. The van der Waals surface area contributed by atoms with Gasteiger partial charge >= 0.3 is 0 Å². The Balaban J connectivity index is 1.46. The van der Waals surface area contributed by atoms with Crippen LogP contribution in [0.3, 0.4) is 0 Å². The Morgan fingerprint density at radius 2 is 2.00 bits per heavy atom. The summed E-state index contributed by atoms with van der Waals surface area (Å²) in [5, 5.41) is 11.0. The summed E-state index contributed by atoms with van der Waals surface area (Å²) < 4.78 is 19.9. The van der Waals surface area contributed by atoms with Crippen molar-refractivity contribution < 1.29 is 18.5 Å². The Bertz CT molecular complexity index is 1410. The van der Waals surface area contributed by atoms with Crippen LogP contribution in [0.15, 0.2) is 47.1 Å². The van der Waals surface area contributed by atoms with Crippen molar-refractivity contribution in [3.05, 3.63) is 64.7 Å². The highest BCUT2D eigenvalue weighted by Crippen LogP contribution is 2.30. The Labute approximate surface area is 204 Å². The number of amides is 2. The van der Waals surface area contributed by atoms with Gasteiger partial charge in [-0.2, -0.15) is 5.10 Å². The first kappa shape index (κ1) is 23.9. The van der Waals surface area contributed by atoms with Crippen molar-refractivity contribution >= 4 is 35.1 Å². The highest BCUT2D eigenvalue weighted by atomic mass is 35.5. The molecule has 0 spiro atoms. The fourth-order valence-corrected chi connectivity index (χ4v) is 3.72. The summed E-state index contributed by atoms with van der Waals surface area (Å²) in [7, 11) is 0. The lowest BCUT2D eigenvalue weighted by molar-refractivity contribution is -0.115. The molecule has 0 aliphatic heterocycles. The number of aromatic nitrogens is 4. The average Bonchev–Trinajstić information content (AvgIpc) is 3.38. The SMILES string of the molecule is CC(C)n1nc(-c2ccc(CC(=O)Nc3cc(-c4ccc(F)cc4Cl)no3)nc2)c(C(N)=O)c1N. The fourth-order valence-electron chi connectivity index (χ4n) is 3.46. The van der Waals surface area contributed by atoms with Gasteiger partial charge in [-0.3, -0.25) is 19.9 Å². The third-order valence-electron chi connectivity index (χ3n) is 5.10. The van der Waals surface area contributed by atoms with Crippen molar-refractivity contribution in [2.24, 2.45) is 5.73 Å². The predicted molar refractivity (Wildman–Crippen MR) is 128 cm³/mol. The van der Waals surface area contributed by atoms with Gasteiger partial charge in [-0.25, -0.2) is 9.07 Å². The maximum absolute atomic E-state index is 13.3. The first-order valence-electron chi connectivity index (χ1n) is 10.5. The number of anilines is 2. The van der Waals surface area contributed by atoms with Crippen LogP contribution in [-0.2, 0) is 11.2 Å². The summed E-state index contributed by atoms with van der Waals surface area (Å²) in [5.41, 5.74) is 13.8. The minimum absolute atomic E-state index is 0.0567. The quantitative estimate of drug-likeness (QED) is 0.350. The van der Waals surface area contributed by atoms with Crippen LogP contribution in [-0.4, -0.2) is 31.7 Å². The maximum Gasteiger partial charge on any atom is 0.254 e. The molecule has 10 nitrogen and oxygen atoms in total. The van der Waals surface area contributed by atoms with Crippen LogP contribution < -0.4 is 16.8 Å². The van der Waals surface area contributed by atoms with E-state index in [9.17, 15) is 14.0 Å². The van der Waals surface area contributed by atoms with Crippen molar-refractivity contribution in [3.8, 4) is 22.5 Å². The summed E-state index contributed by atoms with van der Waals surface area (Å²) >= 11 is 6.04. The lowest BCUT2D eigenvalue weighted by Gasteiger charge is -2.06. The highest BCUT2D eigenvalue weighted by Gasteiger charge is 2.23. The number of hydrogen-bond donors (Lipinski definition) is 3. The van der Waals surface area contributed by atoms with Gasteiger partial charge in [-0.1, -0.05) is 16.8 Å². The summed E-state index contributed by atoms with van der Waals surface area (Å²) in [6.07, 6.45) is 1.43. The van der Waals surface area contributed by atoms with Crippen molar-refractivity contribution in [3.63, 3.8) is 0 Å². The lowest BCUT2D eigenvalue weighted by Crippen LogP contribution is -2.15. The molecule has 0 atom stereocenters. The van der Waals surface area contributed by atoms with E-state index in [2.05, 4.69) is 20.6 Å². The summed E-state index contributed by atoms with van der Waals surface area (Å²) in [5.74, 6) is -1.29. The van der Waals surface area contributed by atoms with Gasteiger partial charge in [0.1, 0.15) is 28.6 Å². The molecule has 4 rings (SSSR count). The maximum atomic E-state index is 13.3. The summed E-state index contributed by atoms with van der Waals surface area (Å²) in [6, 6.07) is 8.59. The molecule has 180 valence electrons. The monoisotopic (exact) mass is 497 g/mol. The Kier molecular flexibility index (Phi) is 6.52. The second-order valence-electron chi connectivity index (χ2n) is 7.98. The van der Waals surface area contributed by atoms with Crippen molar-refractivity contribution in [1.29, 1.82) is 0 Å². The highest BCUT2D eigenvalue weighted by molar-refractivity contribution is 6.33. The number of rotatable bonds is 7. The van der Waals surface area contributed by atoms with Gasteiger partial charge in [-0.05, 0) is 44.2 Å². The van der Waals surface area contributed by atoms with Crippen molar-refractivity contribution in [1.82, 2.24) is 19.9 Å². The van der Waals surface area contributed by atoms with Gasteiger partial charge in [0.15, 0.2) is 0 Å². The molecule has 4 aromatic rings. The number of carbonyl (C=O) groups is 2. The van der Waals surface area contributed by atoms with Crippen LogP contribution in [0, 0.1) is 5.82 Å². The second kappa shape index (κ2) is 9.55. The first-order chi connectivity index (χ1) is 16.6. The molecule has 0 saturated heterocycles. The largest absolute Gasteiger partial charge is 0.383 e. The molecule has 1 aromatic carbocycles. The van der Waals surface area contributed by atoms with E-state index in [1.807, 2.05) is 13.8 Å². The molecule has 0 aliphatic carbocycles. The molecule has 0 fully saturated rings. The lowest BCUT2D eigenvalue weighted by atomic mass is 10.1. The molecular formula is C23H21ClFN7O3. The molecule has 0 aliphatic rings. The molecule has 2 amide bonds. The van der Waals surface area contributed by atoms with E-state index in [0.717, 1.165) is 6.07 Å². The molecule has 0 saturated carbocycles. The number of nitrogens with zero attached hydrogens (tertiary/aromatic N) is 4. The Hall–Kier alpha value is -4.25. The zero-order valence-corrected chi connectivity index (χ0v) is 19.5. The number of nitrogens with two attached hydrogens (primary N) is 2. The molecule has 0 bridgehead atoms. The molecule has 12 heteroatoms. The molecule has 3 heterocycles. The Morgan fingerprint density at radius 3 is 2.63 bits per heavy atom. The third kappa shape index (κ3) is 4.99. The molecular weight excluding hydrogens is 477 g/mol. The number of benzene rings is 1. The van der Waals surface area contributed by atoms with Crippen molar-refractivity contribution in [2.75, 3.05) is 11.1 Å². The number of halogens is 2. The Morgan fingerprint density at radius 1 is 1.23 bits per heavy atom. The topological polar surface area (TPSA) is 155 Å². The normalized spacial score (nSPS) is 11.1. The number of nitrogen functional groups attached to an aromatic ring is 1. The third-order valence-corrected chi connectivity index (χ3v) is 5.42. The number of pyridine rings is 1. The first-order valence-corrected chi connectivity index (χ1v) is 10.9. The van der Waals surface area contributed by atoms with E-state index in [0.29, 0.717) is 28.2 Å². The van der Waals surface area contributed by atoms with E-state index >= 15 is 0 Å². The molecule has 35 heavy (non-hydrogen) atoms. The van der Waals surface area contributed by atoms with E-state index in [4.69, 9.17) is 27.6 Å². The molecule has 0 radical (unpaired) electrons.